The van der Waals surface area contributed by atoms with E-state index in [9.17, 15) is 13.6 Å². The monoisotopic (exact) mass is 368 g/mol. The van der Waals surface area contributed by atoms with Gasteiger partial charge in [0.15, 0.2) is 17.3 Å². The second-order valence-electron chi connectivity index (χ2n) is 5.66. The van der Waals surface area contributed by atoms with E-state index >= 15 is 0 Å². The number of rotatable bonds is 4. The highest BCUT2D eigenvalue weighted by molar-refractivity contribution is 5.91. The van der Waals surface area contributed by atoms with Crippen LogP contribution in [0.4, 0.5) is 19.3 Å². The zero-order valence-corrected chi connectivity index (χ0v) is 13.3. The molecule has 0 radical (unpaired) electrons. The summed E-state index contributed by atoms with van der Waals surface area (Å²) in [6, 6.07) is 3.52. The van der Waals surface area contributed by atoms with Crippen molar-refractivity contribution in [2.75, 3.05) is 11.9 Å². The fourth-order valence-electron chi connectivity index (χ4n) is 2.64. The number of benzene rings is 1. The summed E-state index contributed by atoms with van der Waals surface area (Å²) in [5.74, 6) is 0.239. The molecule has 2 amide bonds. The maximum atomic E-state index is 13.1. The molecule has 1 fully saturated rings. The molecule has 0 spiro atoms. The number of aromatic nitrogens is 2. The first kappa shape index (κ1) is 16.5. The summed E-state index contributed by atoms with van der Waals surface area (Å²) in [6.07, 6.45) is -2.24. The predicted molar refractivity (Wildman–Crippen MR) is 80.7 cm³/mol. The lowest BCUT2D eigenvalue weighted by Crippen LogP contribution is -2.29. The van der Waals surface area contributed by atoms with Gasteiger partial charge in [0, 0.05) is 6.61 Å². The summed E-state index contributed by atoms with van der Waals surface area (Å²) in [4.78, 5) is 16.2. The molecule has 2 aliphatic heterocycles. The van der Waals surface area contributed by atoms with Crippen LogP contribution in [-0.4, -0.2) is 29.1 Å². The van der Waals surface area contributed by atoms with Crippen LogP contribution in [0.5, 0.6) is 11.5 Å². The summed E-state index contributed by atoms with van der Waals surface area (Å²) in [6.45, 7) is 0.639. The highest BCUT2D eigenvalue weighted by Gasteiger charge is 2.44. The van der Waals surface area contributed by atoms with Crippen LogP contribution in [0.15, 0.2) is 22.7 Å². The first-order chi connectivity index (χ1) is 12.5. The van der Waals surface area contributed by atoms with Gasteiger partial charge in [-0.1, -0.05) is 11.2 Å². The number of amides is 2. The van der Waals surface area contributed by atoms with Crippen LogP contribution in [0.1, 0.15) is 30.7 Å². The van der Waals surface area contributed by atoms with Crippen molar-refractivity contribution in [2.45, 2.75) is 31.8 Å². The van der Waals surface area contributed by atoms with E-state index in [1.165, 1.54) is 18.2 Å². The van der Waals surface area contributed by atoms with Crippen molar-refractivity contribution >= 4 is 11.7 Å². The van der Waals surface area contributed by atoms with Crippen molar-refractivity contribution in [1.82, 2.24) is 15.5 Å². The Labute approximate surface area is 145 Å². The number of anilines is 1. The van der Waals surface area contributed by atoms with Crippen molar-refractivity contribution in [3.63, 3.8) is 0 Å². The Morgan fingerprint density at radius 1 is 1.35 bits per heavy atom. The number of para-hydroxylation sites is 1. The van der Waals surface area contributed by atoms with Gasteiger partial charge in [-0.3, -0.25) is 0 Å². The Hall–Kier alpha value is -2.95. The van der Waals surface area contributed by atoms with Gasteiger partial charge in [-0.05, 0) is 25.0 Å². The average molecular weight is 368 g/mol. The highest BCUT2D eigenvalue weighted by Crippen LogP contribution is 2.45. The minimum atomic E-state index is -3.76. The van der Waals surface area contributed by atoms with Crippen molar-refractivity contribution in [3.8, 4) is 11.5 Å². The van der Waals surface area contributed by atoms with Gasteiger partial charge in [-0.15, -0.1) is 8.78 Å². The molecule has 1 aromatic carbocycles. The largest absolute Gasteiger partial charge is 0.586 e. The Morgan fingerprint density at radius 2 is 2.23 bits per heavy atom. The number of nitrogens with one attached hydrogen (secondary N) is 2. The third-order valence-corrected chi connectivity index (χ3v) is 3.77. The maximum Gasteiger partial charge on any atom is 0.586 e. The van der Waals surface area contributed by atoms with Crippen molar-refractivity contribution in [1.29, 1.82) is 0 Å². The van der Waals surface area contributed by atoms with E-state index in [-0.39, 0.29) is 35.7 Å². The lowest BCUT2D eigenvalue weighted by Gasteiger charge is -2.09. The first-order valence-corrected chi connectivity index (χ1v) is 7.88. The number of fused-ring (bicyclic) bond motifs is 1. The van der Waals surface area contributed by atoms with Crippen molar-refractivity contribution in [3.05, 3.63) is 29.9 Å². The van der Waals surface area contributed by atoms with Gasteiger partial charge < -0.3 is 29.4 Å². The minimum absolute atomic E-state index is 0.00933. The van der Waals surface area contributed by atoms with Gasteiger partial charge in [0.2, 0.25) is 0 Å². The molecule has 9 nitrogen and oxygen atoms in total. The maximum absolute atomic E-state index is 13.1. The van der Waals surface area contributed by atoms with Crippen LogP contribution >= 0.6 is 0 Å². The van der Waals surface area contributed by atoms with Crippen molar-refractivity contribution < 1.29 is 32.3 Å². The number of halogens is 2. The first-order valence-electron chi connectivity index (χ1n) is 7.88. The molecule has 2 N–H and O–H groups in total. The zero-order chi connectivity index (χ0) is 18.1. The van der Waals surface area contributed by atoms with E-state index in [1.54, 1.807) is 0 Å². The summed E-state index contributed by atoms with van der Waals surface area (Å²) >= 11 is 0. The summed E-state index contributed by atoms with van der Waals surface area (Å²) in [7, 11) is 0. The summed E-state index contributed by atoms with van der Waals surface area (Å²) < 4.78 is 45.6. The van der Waals surface area contributed by atoms with E-state index in [0.29, 0.717) is 12.5 Å². The van der Waals surface area contributed by atoms with E-state index in [2.05, 4.69) is 30.2 Å². The molecule has 0 aliphatic carbocycles. The lowest BCUT2D eigenvalue weighted by atomic mass is 10.2. The average Bonchev–Trinajstić information content (AvgIpc) is 3.31. The number of carbonyl (C=O) groups excluding carboxylic acids is 1. The molecule has 138 valence electrons. The van der Waals surface area contributed by atoms with Crippen molar-refractivity contribution in [2.24, 2.45) is 0 Å². The van der Waals surface area contributed by atoms with Crippen LogP contribution in [0.2, 0.25) is 0 Å². The number of nitrogens with zero attached hydrogens (tertiary/aromatic N) is 2. The predicted octanol–water partition coefficient (Wildman–Crippen LogP) is 2.56. The standard InChI is InChI=1S/C15H14F2N4O5/c16-15(17)24-9-4-1-3-8(12(9)25-15)19-14(22)18-7-11-20-13(26-21-11)10-5-2-6-23-10/h1,3-4,10H,2,5-7H2,(H2,18,19,22). The van der Waals surface area contributed by atoms with E-state index in [0.717, 1.165) is 12.8 Å². The molecule has 1 unspecified atom stereocenters. The number of urea groups is 1. The number of hydrogen-bond acceptors (Lipinski definition) is 7. The van der Waals surface area contributed by atoms with Crippen LogP contribution in [0.25, 0.3) is 0 Å². The molecule has 2 aromatic rings. The zero-order valence-electron chi connectivity index (χ0n) is 13.3. The van der Waals surface area contributed by atoms with E-state index in [4.69, 9.17) is 9.26 Å². The Kier molecular flexibility index (Phi) is 4.07. The molecule has 0 saturated carbocycles. The third kappa shape index (κ3) is 3.38. The summed E-state index contributed by atoms with van der Waals surface area (Å²) in [5.41, 5.74) is 0.0466. The molecular formula is C15H14F2N4O5. The second kappa shape index (κ2) is 6.41. The SMILES string of the molecule is O=C(NCc1noc(C2CCCO2)n1)Nc1cccc2c1OC(F)(F)O2. The van der Waals surface area contributed by atoms with Gasteiger partial charge in [-0.25, -0.2) is 4.79 Å². The fourth-order valence-corrected chi connectivity index (χ4v) is 2.64. The highest BCUT2D eigenvalue weighted by atomic mass is 19.3. The Morgan fingerprint density at radius 3 is 3.04 bits per heavy atom. The molecule has 1 saturated heterocycles. The molecule has 11 heteroatoms. The molecule has 26 heavy (non-hydrogen) atoms. The Bertz CT molecular complexity index is 822. The summed E-state index contributed by atoms with van der Waals surface area (Å²) in [5, 5.41) is 8.68. The number of alkyl halides is 2. The molecular weight excluding hydrogens is 354 g/mol. The molecule has 1 aromatic heterocycles. The normalized spacial score (nSPS) is 20.2. The number of hydrogen-bond donors (Lipinski definition) is 2. The minimum Gasteiger partial charge on any atom is -0.395 e. The van der Waals surface area contributed by atoms with Crippen LogP contribution < -0.4 is 20.1 Å². The number of ether oxygens (including phenoxy) is 3. The van der Waals surface area contributed by atoms with Crippen LogP contribution in [-0.2, 0) is 11.3 Å². The van der Waals surface area contributed by atoms with Crippen LogP contribution in [0.3, 0.4) is 0 Å². The van der Waals surface area contributed by atoms with E-state index in [1.807, 2.05) is 0 Å². The third-order valence-electron chi connectivity index (χ3n) is 3.77. The molecule has 4 rings (SSSR count). The Balaban J connectivity index is 1.35. The van der Waals surface area contributed by atoms with Crippen LogP contribution in [0, 0.1) is 0 Å². The smallest absolute Gasteiger partial charge is 0.395 e. The lowest BCUT2D eigenvalue weighted by molar-refractivity contribution is -0.286. The number of carbonyl (C=O) groups is 1. The van der Waals surface area contributed by atoms with E-state index < -0.39 is 12.3 Å². The fraction of sp³-hybridized carbons (Fsp3) is 0.400. The van der Waals surface area contributed by atoms with Gasteiger partial charge in [0.1, 0.15) is 6.10 Å². The second-order valence-corrected chi connectivity index (χ2v) is 5.66. The topological polar surface area (TPSA) is 108 Å². The molecule has 0 bridgehead atoms. The quantitative estimate of drug-likeness (QED) is 0.854. The van der Waals surface area contributed by atoms with Gasteiger partial charge >= 0.3 is 12.3 Å². The van der Waals surface area contributed by atoms with Gasteiger partial charge in [0.05, 0.1) is 12.2 Å². The molecule has 1 atom stereocenters. The van der Waals surface area contributed by atoms with Gasteiger partial charge in [-0.2, -0.15) is 4.98 Å². The molecule has 2 aliphatic rings. The van der Waals surface area contributed by atoms with Gasteiger partial charge in [0.25, 0.3) is 5.89 Å². The molecule has 3 heterocycles.